The van der Waals surface area contributed by atoms with Crippen LogP contribution in [0.3, 0.4) is 0 Å². The van der Waals surface area contributed by atoms with E-state index < -0.39 is 0 Å². The molecule has 0 unspecified atom stereocenters. The van der Waals surface area contributed by atoms with Gasteiger partial charge in [0.05, 0.1) is 11.3 Å². The first-order chi connectivity index (χ1) is 11.8. The largest absolute Gasteiger partial charge is 0.360 e. The number of amides is 1. The van der Waals surface area contributed by atoms with Crippen molar-refractivity contribution in [1.82, 2.24) is 15.3 Å². The monoisotopic (exact) mass is 333 g/mol. The van der Waals surface area contributed by atoms with Crippen molar-refractivity contribution in [3.63, 3.8) is 0 Å². The molecule has 3 aromatic heterocycles. The maximum Gasteiger partial charge on any atom is 0.253 e. The van der Waals surface area contributed by atoms with Gasteiger partial charge in [0.2, 0.25) is 0 Å². The summed E-state index contributed by atoms with van der Waals surface area (Å²) in [5, 5.41) is 8.02. The van der Waals surface area contributed by atoms with Crippen molar-refractivity contribution < 1.29 is 4.79 Å². The van der Waals surface area contributed by atoms with Crippen LogP contribution < -0.4 is 5.32 Å². The van der Waals surface area contributed by atoms with Gasteiger partial charge < -0.3 is 10.3 Å². The van der Waals surface area contributed by atoms with E-state index in [1.165, 1.54) is 0 Å². The van der Waals surface area contributed by atoms with E-state index in [2.05, 4.69) is 20.7 Å². The van der Waals surface area contributed by atoms with E-state index in [4.69, 9.17) is 0 Å². The standard InChI is InChI=1S/C19H15N3OS/c23-19(16-11-21-17-6-2-1-5-15(16)17)22-10-13-4-3-8-20-18(13)14-7-9-24-12-14/h1-9,11-12,21H,10H2,(H,22,23). The van der Waals surface area contributed by atoms with Crippen LogP contribution in [0.2, 0.25) is 0 Å². The molecule has 118 valence electrons. The van der Waals surface area contributed by atoms with Crippen LogP contribution in [0.4, 0.5) is 0 Å². The molecule has 0 aliphatic carbocycles. The highest BCUT2D eigenvalue weighted by atomic mass is 32.1. The minimum Gasteiger partial charge on any atom is -0.360 e. The minimum atomic E-state index is -0.0902. The Kier molecular flexibility index (Phi) is 3.84. The van der Waals surface area contributed by atoms with Crippen LogP contribution in [0.5, 0.6) is 0 Å². The van der Waals surface area contributed by atoms with Crippen LogP contribution in [0.25, 0.3) is 22.2 Å². The predicted octanol–water partition coefficient (Wildman–Crippen LogP) is 4.22. The predicted molar refractivity (Wildman–Crippen MR) is 97.0 cm³/mol. The lowest BCUT2D eigenvalue weighted by Crippen LogP contribution is -2.23. The van der Waals surface area contributed by atoms with E-state index in [0.29, 0.717) is 12.1 Å². The lowest BCUT2D eigenvalue weighted by Gasteiger charge is -2.08. The number of hydrogen-bond donors (Lipinski definition) is 2. The number of benzene rings is 1. The van der Waals surface area contributed by atoms with E-state index in [1.807, 2.05) is 47.8 Å². The molecule has 0 fully saturated rings. The molecule has 0 saturated heterocycles. The first-order valence-electron chi connectivity index (χ1n) is 7.64. The number of H-pyrrole nitrogens is 1. The normalized spacial score (nSPS) is 10.8. The van der Waals surface area contributed by atoms with Crippen molar-refractivity contribution in [2.75, 3.05) is 0 Å². The lowest BCUT2D eigenvalue weighted by molar-refractivity contribution is 0.0952. The summed E-state index contributed by atoms with van der Waals surface area (Å²) in [6.07, 6.45) is 3.53. The summed E-state index contributed by atoms with van der Waals surface area (Å²) in [6.45, 7) is 0.442. The molecule has 24 heavy (non-hydrogen) atoms. The van der Waals surface area contributed by atoms with Crippen LogP contribution >= 0.6 is 11.3 Å². The first kappa shape index (κ1) is 14.7. The fourth-order valence-corrected chi connectivity index (χ4v) is 3.41. The number of aromatic nitrogens is 2. The summed E-state index contributed by atoms with van der Waals surface area (Å²) in [5.41, 5.74) is 4.62. The van der Waals surface area contributed by atoms with Crippen molar-refractivity contribution in [2.45, 2.75) is 6.54 Å². The van der Waals surface area contributed by atoms with Gasteiger partial charge in [-0.15, -0.1) is 0 Å². The number of aromatic amines is 1. The van der Waals surface area contributed by atoms with Gasteiger partial charge in [0.1, 0.15) is 0 Å². The molecule has 0 radical (unpaired) electrons. The second kappa shape index (κ2) is 6.29. The molecule has 0 saturated carbocycles. The van der Waals surface area contributed by atoms with Crippen LogP contribution in [0.1, 0.15) is 15.9 Å². The molecule has 2 N–H and O–H groups in total. The molecule has 3 heterocycles. The van der Waals surface area contributed by atoms with Crippen LogP contribution in [-0.2, 0) is 6.54 Å². The van der Waals surface area contributed by atoms with Crippen LogP contribution in [-0.4, -0.2) is 15.9 Å². The quantitative estimate of drug-likeness (QED) is 0.587. The number of para-hydroxylation sites is 1. The Labute approximate surface area is 143 Å². The molecule has 4 nitrogen and oxygen atoms in total. The molecule has 1 aromatic carbocycles. The van der Waals surface area contributed by atoms with Gasteiger partial charge in [-0.2, -0.15) is 11.3 Å². The number of rotatable bonds is 4. The summed E-state index contributed by atoms with van der Waals surface area (Å²) in [5.74, 6) is -0.0902. The number of nitrogens with one attached hydrogen (secondary N) is 2. The van der Waals surface area contributed by atoms with Crippen molar-refractivity contribution in [1.29, 1.82) is 0 Å². The summed E-state index contributed by atoms with van der Waals surface area (Å²) in [4.78, 5) is 20.1. The number of carbonyl (C=O) groups excluding carboxylic acids is 1. The third-order valence-electron chi connectivity index (χ3n) is 3.96. The molecule has 1 amide bonds. The Hall–Kier alpha value is -2.92. The van der Waals surface area contributed by atoms with Gasteiger partial charge in [-0.25, -0.2) is 0 Å². The van der Waals surface area contributed by atoms with E-state index in [0.717, 1.165) is 27.7 Å². The molecule has 4 rings (SSSR count). The van der Waals surface area contributed by atoms with E-state index in [1.54, 1.807) is 23.7 Å². The Morgan fingerprint density at radius 2 is 2.08 bits per heavy atom. The van der Waals surface area contributed by atoms with E-state index in [-0.39, 0.29) is 5.91 Å². The molecular formula is C19H15N3OS. The number of fused-ring (bicyclic) bond motifs is 1. The molecule has 0 aliphatic rings. The Balaban J connectivity index is 1.56. The number of thiophene rings is 1. The van der Waals surface area contributed by atoms with Crippen LogP contribution in [0.15, 0.2) is 65.6 Å². The van der Waals surface area contributed by atoms with E-state index in [9.17, 15) is 4.79 Å². The highest BCUT2D eigenvalue weighted by Gasteiger charge is 2.13. The number of nitrogens with zero attached hydrogens (tertiary/aromatic N) is 1. The fourth-order valence-electron chi connectivity index (χ4n) is 2.77. The van der Waals surface area contributed by atoms with Gasteiger partial charge in [0.25, 0.3) is 5.91 Å². The number of hydrogen-bond acceptors (Lipinski definition) is 3. The summed E-state index contributed by atoms with van der Waals surface area (Å²) in [6, 6.07) is 13.7. The third-order valence-corrected chi connectivity index (χ3v) is 4.64. The lowest BCUT2D eigenvalue weighted by atomic mass is 10.1. The second-order valence-corrected chi connectivity index (χ2v) is 6.23. The van der Waals surface area contributed by atoms with Crippen LogP contribution in [0, 0.1) is 0 Å². The zero-order valence-corrected chi connectivity index (χ0v) is 13.6. The Morgan fingerprint density at radius 3 is 2.96 bits per heavy atom. The van der Waals surface area contributed by atoms with Gasteiger partial charge in [-0.1, -0.05) is 24.3 Å². The first-order valence-corrected chi connectivity index (χ1v) is 8.58. The van der Waals surface area contributed by atoms with Gasteiger partial charge >= 0.3 is 0 Å². The third kappa shape index (κ3) is 2.70. The summed E-state index contributed by atoms with van der Waals surface area (Å²) >= 11 is 1.64. The van der Waals surface area contributed by atoms with Gasteiger partial charge in [-0.3, -0.25) is 9.78 Å². The van der Waals surface area contributed by atoms with Gasteiger partial charge in [0, 0.05) is 40.8 Å². The maximum atomic E-state index is 12.5. The summed E-state index contributed by atoms with van der Waals surface area (Å²) < 4.78 is 0. The van der Waals surface area contributed by atoms with Crippen molar-refractivity contribution >= 4 is 28.1 Å². The van der Waals surface area contributed by atoms with Crippen molar-refractivity contribution in [3.05, 3.63) is 76.7 Å². The molecule has 0 atom stereocenters. The molecule has 4 aromatic rings. The zero-order chi connectivity index (χ0) is 16.4. The number of carbonyl (C=O) groups is 1. The maximum absolute atomic E-state index is 12.5. The molecule has 0 spiro atoms. The van der Waals surface area contributed by atoms with E-state index >= 15 is 0 Å². The average Bonchev–Trinajstić information content (AvgIpc) is 3.29. The highest BCUT2D eigenvalue weighted by molar-refractivity contribution is 7.08. The fraction of sp³-hybridized carbons (Fsp3) is 0.0526. The SMILES string of the molecule is O=C(NCc1cccnc1-c1ccsc1)c1c[nH]c2ccccc12. The highest BCUT2D eigenvalue weighted by Crippen LogP contribution is 2.24. The van der Waals surface area contributed by atoms with Gasteiger partial charge in [-0.05, 0) is 29.1 Å². The zero-order valence-electron chi connectivity index (χ0n) is 12.8. The Bertz CT molecular complexity index is 989. The molecular weight excluding hydrogens is 318 g/mol. The minimum absolute atomic E-state index is 0.0902. The Morgan fingerprint density at radius 1 is 1.17 bits per heavy atom. The smallest absolute Gasteiger partial charge is 0.253 e. The topological polar surface area (TPSA) is 57.8 Å². The number of pyridine rings is 1. The molecule has 5 heteroatoms. The molecule has 0 aliphatic heterocycles. The van der Waals surface area contributed by atoms with Crippen molar-refractivity contribution in [3.8, 4) is 11.3 Å². The van der Waals surface area contributed by atoms with Crippen molar-refractivity contribution in [2.24, 2.45) is 0 Å². The molecule has 0 bridgehead atoms. The summed E-state index contributed by atoms with van der Waals surface area (Å²) in [7, 11) is 0. The second-order valence-electron chi connectivity index (χ2n) is 5.45. The average molecular weight is 333 g/mol. The van der Waals surface area contributed by atoms with Gasteiger partial charge in [0.15, 0.2) is 0 Å².